The van der Waals surface area contributed by atoms with Crippen LogP contribution in [0.1, 0.15) is 10.4 Å². The first-order valence-corrected chi connectivity index (χ1v) is 4.52. The van der Waals surface area contributed by atoms with E-state index in [-0.39, 0.29) is 10.0 Å². The number of ketones is 1. The fraction of sp³-hybridized carbons (Fsp3) is 0. The zero-order valence-electron chi connectivity index (χ0n) is 6.55. The molecule has 0 fully saturated rings. The van der Waals surface area contributed by atoms with Crippen LogP contribution in [0.5, 0.6) is 0 Å². The number of hydrogen-bond donors (Lipinski definition) is 1. The minimum absolute atomic E-state index is 0.254. The molecule has 0 aromatic heterocycles. The molecule has 0 spiro atoms. The summed E-state index contributed by atoms with van der Waals surface area (Å²) >= 11 is 8.34. The highest BCUT2D eigenvalue weighted by atomic mass is 79.9. The van der Waals surface area contributed by atoms with Crippen LogP contribution in [0.15, 0.2) is 16.6 Å². The zero-order chi connectivity index (χ0) is 10.9. The van der Waals surface area contributed by atoms with Crippen molar-refractivity contribution in [3.05, 3.63) is 33.0 Å². The Morgan fingerprint density at radius 3 is 2.50 bits per heavy atom. The molecule has 0 aliphatic heterocycles. The molecule has 0 radical (unpaired) electrons. The van der Waals surface area contributed by atoms with E-state index in [1.165, 1.54) is 0 Å². The smallest absolute Gasteiger partial charge is 0.377 e. The Morgan fingerprint density at radius 1 is 1.43 bits per heavy atom. The van der Waals surface area contributed by atoms with Crippen molar-refractivity contribution in [3.63, 3.8) is 0 Å². The van der Waals surface area contributed by atoms with Gasteiger partial charge in [0.15, 0.2) is 0 Å². The first-order valence-electron chi connectivity index (χ1n) is 3.35. The standard InChI is InChI=1S/C8H3BrClFO3/c9-3-1-4(7(12)8(13)14)6(10)5(11)2-3/h1-2H,(H,13,14). The molecule has 14 heavy (non-hydrogen) atoms. The van der Waals surface area contributed by atoms with Gasteiger partial charge in [-0.1, -0.05) is 27.5 Å². The molecule has 0 aliphatic carbocycles. The zero-order valence-corrected chi connectivity index (χ0v) is 8.89. The van der Waals surface area contributed by atoms with Crippen LogP contribution in [0.25, 0.3) is 0 Å². The van der Waals surface area contributed by atoms with Gasteiger partial charge < -0.3 is 5.11 Å². The minimum atomic E-state index is -1.68. The largest absolute Gasteiger partial charge is 0.475 e. The van der Waals surface area contributed by atoms with Crippen molar-refractivity contribution in [1.82, 2.24) is 0 Å². The van der Waals surface area contributed by atoms with Crippen molar-refractivity contribution in [2.45, 2.75) is 0 Å². The Bertz CT molecular complexity index is 419. The summed E-state index contributed by atoms with van der Waals surface area (Å²) in [5.74, 6) is -3.76. The number of halogens is 3. The quantitative estimate of drug-likeness (QED) is 0.515. The van der Waals surface area contributed by atoms with Gasteiger partial charge in [0, 0.05) is 4.47 Å². The Labute approximate surface area is 91.6 Å². The third-order valence-electron chi connectivity index (χ3n) is 1.43. The predicted molar refractivity (Wildman–Crippen MR) is 51.1 cm³/mol. The van der Waals surface area contributed by atoms with Crippen LogP contribution in [0, 0.1) is 5.82 Å². The molecular formula is C8H3BrClFO3. The highest BCUT2D eigenvalue weighted by Crippen LogP contribution is 2.25. The predicted octanol–water partition coefficient (Wildman–Crippen LogP) is 2.51. The Hall–Kier alpha value is -0.940. The average Bonchev–Trinajstić information content (AvgIpc) is 2.09. The molecule has 6 heteroatoms. The molecule has 0 aliphatic rings. The first kappa shape index (κ1) is 11.1. The van der Waals surface area contributed by atoms with Crippen LogP contribution in [-0.2, 0) is 4.79 Å². The van der Waals surface area contributed by atoms with Crippen molar-refractivity contribution < 1.29 is 19.1 Å². The molecule has 1 N–H and O–H groups in total. The maximum absolute atomic E-state index is 13.0. The summed E-state index contributed by atoms with van der Waals surface area (Å²) in [7, 11) is 0. The lowest BCUT2D eigenvalue weighted by Gasteiger charge is -2.01. The van der Waals surface area contributed by atoms with Crippen molar-refractivity contribution in [2.24, 2.45) is 0 Å². The van der Waals surface area contributed by atoms with Gasteiger partial charge in [-0.3, -0.25) is 4.79 Å². The lowest BCUT2D eigenvalue weighted by atomic mass is 10.1. The number of aliphatic carboxylic acids is 1. The van der Waals surface area contributed by atoms with Crippen LogP contribution in [0.4, 0.5) is 4.39 Å². The van der Waals surface area contributed by atoms with Crippen molar-refractivity contribution in [2.75, 3.05) is 0 Å². The van der Waals surface area contributed by atoms with E-state index >= 15 is 0 Å². The number of hydrogen-bond acceptors (Lipinski definition) is 2. The number of carbonyl (C=O) groups excluding carboxylic acids is 1. The molecule has 0 amide bonds. The Kier molecular flexibility index (Phi) is 3.23. The molecule has 0 saturated carbocycles. The molecule has 0 saturated heterocycles. The summed E-state index contributed by atoms with van der Waals surface area (Å²) in [5, 5.41) is 7.91. The molecule has 0 unspecified atom stereocenters. The molecule has 74 valence electrons. The first-order chi connectivity index (χ1) is 6.43. The molecule has 3 nitrogen and oxygen atoms in total. The topological polar surface area (TPSA) is 54.4 Å². The van der Waals surface area contributed by atoms with Gasteiger partial charge in [0.05, 0.1) is 10.6 Å². The van der Waals surface area contributed by atoms with Gasteiger partial charge in [-0.15, -0.1) is 0 Å². The highest BCUT2D eigenvalue weighted by Gasteiger charge is 2.20. The van der Waals surface area contributed by atoms with E-state index in [0.29, 0.717) is 0 Å². The summed E-state index contributed by atoms with van der Waals surface area (Å²) < 4.78 is 13.2. The SMILES string of the molecule is O=C(O)C(=O)c1cc(Br)cc(F)c1Cl. The van der Waals surface area contributed by atoms with Crippen LogP contribution >= 0.6 is 27.5 Å². The third kappa shape index (κ3) is 2.10. The van der Waals surface area contributed by atoms with E-state index in [4.69, 9.17) is 16.7 Å². The number of rotatable bonds is 2. The van der Waals surface area contributed by atoms with E-state index < -0.39 is 22.6 Å². The minimum Gasteiger partial charge on any atom is -0.475 e. The van der Waals surface area contributed by atoms with E-state index in [2.05, 4.69) is 15.9 Å². The number of carboxylic acids is 1. The lowest BCUT2D eigenvalue weighted by molar-refractivity contribution is -0.131. The van der Waals surface area contributed by atoms with Crippen LogP contribution < -0.4 is 0 Å². The van der Waals surface area contributed by atoms with E-state index in [1.807, 2.05) is 0 Å². The van der Waals surface area contributed by atoms with Crippen molar-refractivity contribution >= 4 is 39.3 Å². The van der Waals surface area contributed by atoms with Crippen LogP contribution in [-0.4, -0.2) is 16.9 Å². The summed E-state index contributed by atoms with van der Waals surface area (Å²) in [4.78, 5) is 21.3. The van der Waals surface area contributed by atoms with Gasteiger partial charge in [0.25, 0.3) is 5.78 Å². The molecule has 0 atom stereocenters. The Balaban J connectivity index is 3.34. The molecule has 1 aromatic rings. The summed E-state index contributed by atoms with van der Waals surface area (Å²) in [5.41, 5.74) is -0.369. The van der Waals surface area contributed by atoms with Gasteiger partial charge in [0.1, 0.15) is 5.82 Å². The van der Waals surface area contributed by atoms with Gasteiger partial charge >= 0.3 is 5.97 Å². The fourth-order valence-corrected chi connectivity index (χ4v) is 1.46. The lowest BCUT2D eigenvalue weighted by Crippen LogP contribution is -2.13. The van der Waals surface area contributed by atoms with E-state index in [9.17, 15) is 14.0 Å². The van der Waals surface area contributed by atoms with Gasteiger partial charge in [-0.05, 0) is 12.1 Å². The van der Waals surface area contributed by atoms with Crippen LogP contribution in [0.3, 0.4) is 0 Å². The fourth-order valence-electron chi connectivity index (χ4n) is 0.836. The van der Waals surface area contributed by atoms with Gasteiger partial charge in [-0.25, -0.2) is 9.18 Å². The number of Topliss-reactive ketones (excluding diaryl/α,β-unsaturated/α-hetero) is 1. The average molecular weight is 281 g/mol. The van der Waals surface area contributed by atoms with Crippen molar-refractivity contribution in [3.8, 4) is 0 Å². The molecule has 0 heterocycles. The second kappa shape index (κ2) is 4.06. The van der Waals surface area contributed by atoms with Crippen molar-refractivity contribution in [1.29, 1.82) is 0 Å². The monoisotopic (exact) mass is 280 g/mol. The Morgan fingerprint density at radius 2 is 2.00 bits per heavy atom. The van der Waals surface area contributed by atoms with Crippen LogP contribution in [0.2, 0.25) is 5.02 Å². The molecule has 0 bridgehead atoms. The van der Waals surface area contributed by atoms with E-state index in [0.717, 1.165) is 12.1 Å². The summed E-state index contributed by atoms with van der Waals surface area (Å²) in [6, 6.07) is 2.20. The van der Waals surface area contributed by atoms with E-state index in [1.54, 1.807) is 0 Å². The molecular weight excluding hydrogens is 278 g/mol. The highest BCUT2D eigenvalue weighted by molar-refractivity contribution is 9.10. The van der Waals surface area contributed by atoms with Gasteiger partial charge in [0.2, 0.25) is 0 Å². The second-order valence-electron chi connectivity index (χ2n) is 2.38. The number of carbonyl (C=O) groups is 2. The summed E-state index contributed by atoms with van der Waals surface area (Å²) in [6.45, 7) is 0. The van der Waals surface area contributed by atoms with Gasteiger partial charge in [-0.2, -0.15) is 0 Å². The summed E-state index contributed by atoms with van der Waals surface area (Å²) in [6.07, 6.45) is 0. The number of benzene rings is 1. The maximum Gasteiger partial charge on any atom is 0.377 e. The third-order valence-corrected chi connectivity index (χ3v) is 2.27. The second-order valence-corrected chi connectivity index (χ2v) is 3.68. The normalized spacial score (nSPS) is 9.93. The molecule has 1 aromatic carbocycles. The maximum atomic E-state index is 13.0. The molecule has 1 rings (SSSR count). The number of carboxylic acid groups (broad SMARTS) is 1.